The van der Waals surface area contributed by atoms with Crippen LogP contribution in [0.25, 0.3) is 0 Å². The molecular formula is C13H21BrN2S. The number of nitrogens with zero attached hydrogens (tertiary/aromatic N) is 1. The second kappa shape index (κ2) is 6.32. The molecule has 0 spiro atoms. The van der Waals surface area contributed by atoms with Crippen LogP contribution in [-0.4, -0.2) is 30.1 Å². The zero-order valence-electron chi connectivity index (χ0n) is 10.6. The third kappa shape index (κ3) is 3.78. The quantitative estimate of drug-likeness (QED) is 0.915. The van der Waals surface area contributed by atoms with Crippen molar-refractivity contribution in [1.82, 2.24) is 10.2 Å². The first-order valence-corrected chi connectivity index (χ1v) is 8.01. The molecule has 2 rings (SSSR count). The molecule has 0 amide bonds. The minimum atomic E-state index is 0.689. The maximum atomic E-state index is 3.57. The first-order chi connectivity index (χ1) is 8.19. The Balaban J connectivity index is 1.87. The van der Waals surface area contributed by atoms with Crippen molar-refractivity contribution in [2.24, 2.45) is 0 Å². The first kappa shape index (κ1) is 13.5. The van der Waals surface area contributed by atoms with Gasteiger partial charge in [-0.05, 0) is 54.4 Å². The predicted octanol–water partition coefficient (Wildman–Crippen LogP) is 3.47. The van der Waals surface area contributed by atoms with Crippen LogP contribution >= 0.6 is 27.3 Å². The van der Waals surface area contributed by atoms with Crippen LogP contribution in [0.1, 0.15) is 31.6 Å². The summed E-state index contributed by atoms with van der Waals surface area (Å²) in [6, 6.07) is 5.79. The number of rotatable bonds is 4. The Morgan fingerprint density at radius 1 is 1.53 bits per heavy atom. The van der Waals surface area contributed by atoms with Crippen molar-refractivity contribution in [1.29, 1.82) is 0 Å². The van der Waals surface area contributed by atoms with Gasteiger partial charge in [-0.3, -0.25) is 4.90 Å². The monoisotopic (exact) mass is 316 g/mol. The zero-order chi connectivity index (χ0) is 12.3. The van der Waals surface area contributed by atoms with Gasteiger partial charge in [0.1, 0.15) is 0 Å². The molecule has 0 aromatic carbocycles. The van der Waals surface area contributed by atoms with Crippen LogP contribution in [0.2, 0.25) is 0 Å². The van der Waals surface area contributed by atoms with Gasteiger partial charge >= 0.3 is 0 Å². The molecule has 2 heterocycles. The molecule has 1 fully saturated rings. The number of hydrogen-bond donors (Lipinski definition) is 1. The van der Waals surface area contributed by atoms with Gasteiger partial charge in [-0.25, -0.2) is 0 Å². The third-order valence-electron chi connectivity index (χ3n) is 3.49. The van der Waals surface area contributed by atoms with E-state index in [4.69, 9.17) is 0 Å². The fraction of sp³-hybridized carbons (Fsp3) is 0.692. The van der Waals surface area contributed by atoms with Gasteiger partial charge in [0.25, 0.3) is 0 Å². The van der Waals surface area contributed by atoms with E-state index in [1.165, 1.54) is 28.0 Å². The molecular weight excluding hydrogens is 296 g/mol. The van der Waals surface area contributed by atoms with Crippen LogP contribution in [0.15, 0.2) is 15.9 Å². The summed E-state index contributed by atoms with van der Waals surface area (Å²) in [5.74, 6) is 0. The van der Waals surface area contributed by atoms with Gasteiger partial charge in [-0.15, -0.1) is 11.3 Å². The topological polar surface area (TPSA) is 15.3 Å². The van der Waals surface area contributed by atoms with Crippen molar-refractivity contribution in [3.8, 4) is 0 Å². The minimum absolute atomic E-state index is 0.689. The summed E-state index contributed by atoms with van der Waals surface area (Å²) in [6.45, 7) is 7.96. The predicted molar refractivity (Wildman–Crippen MR) is 78.6 cm³/mol. The lowest BCUT2D eigenvalue weighted by molar-refractivity contribution is 0.130. The molecule has 2 atom stereocenters. The highest BCUT2D eigenvalue weighted by atomic mass is 79.9. The van der Waals surface area contributed by atoms with Gasteiger partial charge in [0.05, 0.1) is 3.79 Å². The van der Waals surface area contributed by atoms with E-state index in [0.29, 0.717) is 6.04 Å². The molecule has 0 saturated carbocycles. The molecule has 0 radical (unpaired) electrons. The standard InChI is InChI=1S/C13H21BrN2S/c1-3-15-11-6-7-16(10(2)8-11)9-12-4-5-13(14)17-12/h4-5,10-11,15H,3,6-9H2,1-2H3. The number of thiophene rings is 1. The number of halogens is 1. The first-order valence-electron chi connectivity index (χ1n) is 6.40. The Bertz CT molecular complexity index is 353. The van der Waals surface area contributed by atoms with E-state index < -0.39 is 0 Å². The van der Waals surface area contributed by atoms with Gasteiger partial charge in [0, 0.05) is 30.1 Å². The van der Waals surface area contributed by atoms with Gasteiger partial charge in [0.2, 0.25) is 0 Å². The van der Waals surface area contributed by atoms with Crippen molar-refractivity contribution in [2.45, 2.75) is 45.3 Å². The molecule has 4 heteroatoms. The van der Waals surface area contributed by atoms with Crippen LogP contribution < -0.4 is 5.32 Å². The van der Waals surface area contributed by atoms with Gasteiger partial charge in [0.15, 0.2) is 0 Å². The lowest BCUT2D eigenvalue weighted by Crippen LogP contribution is -2.46. The van der Waals surface area contributed by atoms with E-state index in [1.807, 2.05) is 11.3 Å². The van der Waals surface area contributed by atoms with Gasteiger partial charge in [-0.1, -0.05) is 6.92 Å². The summed E-state index contributed by atoms with van der Waals surface area (Å²) in [5, 5.41) is 3.57. The van der Waals surface area contributed by atoms with Crippen molar-refractivity contribution in [2.75, 3.05) is 13.1 Å². The maximum absolute atomic E-state index is 3.57. The van der Waals surface area contributed by atoms with E-state index in [-0.39, 0.29) is 0 Å². The molecule has 1 aromatic heterocycles. The molecule has 0 aliphatic carbocycles. The number of hydrogen-bond acceptors (Lipinski definition) is 3. The molecule has 1 aliphatic heterocycles. The van der Waals surface area contributed by atoms with E-state index in [0.717, 1.165) is 19.1 Å². The van der Waals surface area contributed by atoms with Crippen LogP contribution in [0, 0.1) is 0 Å². The summed E-state index contributed by atoms with van der Waals surface area (Å²) in [6.07, 6.45) is 2.56. The highest BCUT2D eigenvalue weighted by Crippen LogP contribution is 2.26. The van der Waals surface area contributed by atoms with Crippen molar-refractivity contribution < 1.29 is 0 Å². The molecule has 96 valence electrons. The Morgan fingerprint density at radius 3 is 2.94 bits per heavy atom. The summed E-state index contributed by atoms with van der Waals surface area (Å²) >= 11 is 5.39. The number of nitrogens with one attached hydrogen (secondary N) is 1. The van der Waals surface area contributed by atoms with Crippen LogP contribution in [-0.2, 0) is 6.54 Å². The highest BCUT2D eigenvalue weighted by Gasteiger charge is 2.24. The van der Waals surface area contributed by atoms with Gasteiger partial charge < -0.3 is 5.32 Å². The molecule has 17 heavy (non-hydrogen) atoms. The Kier molecular flexibility index (Phi) is 5.03. The van der Waals surface area contributed by atoms with E-state index in [1.54, 1.807) is 0 Å². The van der Waals surface area contributed by atoms with Crippen LogP contribution in [0.3, 0.4) is 0 Å². The normalized spacial score (nSPS) is 26.3. The lowest BCUT2D eigenvalue weighted by Gasteiger charge is -2.37. The largest absolute Gasteiger partial charge is 0.314 e. The van der Waals surface area contributed by atoms with Crippen LogP contribution in [0.4, 0.5) is 0 Å². The summed E-state index contributed by atoms with van der Waals surface area (Å²) < 4.78 is 1.24. The lowest BCUT2D eigenvalue weighted by atomic mass is 9.98. The molecule has 1 N–H and O–H groups in total. The molecule has 1 aliphatic rings. The molecule has 1 saturated heterocycles. The summed E-state index contributed by atoms with van der Waals surface area (Å²) in [5.41, 5.74) is 0. The maximum Gasteiger partial charge on any atom is 0.0701 e. The summed E-state index contributed by atoms with van der Waals surface area (Å²) in [4.78, 5) is 4.07. The SMILES string of the molecule is CCNC1CCN(Cc2ccc(Br)s2)C(C)C1. The second-order valence-corrected chi connectivity index (χ2v) is 7.35. The average Bonchev–Trinajstić information content (AvgIpc) is 2.69. The Labute approximate surface area is 117 Å². The van der Waals surface area contributed by atoms with E-state index in [9.17, 15) is 0 Å². The van der Waals surface area contributed by atoms with Gasteiger partial charge in [-0.2, -0.15) is 0 Å². The Morgan fingerprint density at radius 2 is 2.35 bits per heavy atom. The molecule has 1 aromatic rings. The molecule has 0 bridgehead atoms. The van der Waals surface area contributed by atoms with Crippen molar-refractivity contribution in [3.05, 3.63) is 20.8 Å². The van der Waals surface area contributed by atoms with E-state index >= 15 is 0 Å². The Hall–Kier alpha value is 0.1000. The van der Waals surface area contributed by atoms with Crippen molar-refractivity contribution in [3.63, 3.8) is 0 Å². The molecule has 2 nitrogen and oxygen atoms in total. The smallest absolute Gasteiger partial charge is 0.0701 e. The fourth-order valence-corrected chi connectivity index (χ4v) is 4.08. The highest BCUT2D eigenvalue weighted by molar-refractivity contribution is 9.11. The number of likely N-dealkylation sites (tertiary alicyclic amines) is 1. The minimum Gasteiger partial charge on any atom is -0.314 e. The van der Waals surface area contributed by atoms with E-state index in [2.05, 4.69) is 52.1 Å². The molecule has 2 unspecified atom stereocenters. The van der Waals surface area contributed by atoms with Crippen molar-refractivity contribution >= 4 is 27.3 Å². The third-order valence-corrected chi connectivity index (χ3v) is 5.10. The number of piperidine rings is 1. The zero-order valence-corrected chi connectivity index (χ0v) is 13.0. The van der Waals surface area contributed by atoms with Crippen LogP contribution in [0.5, 0.6) is 0 Å². The average molecular weight is 317 g/mol. The second-order valence-electron chi connectivity index (χ2n) is 4.80. The fourth-order valence-electron chi connectivity index (χ4n) is 2.57. The summed E-state index contributed by atoms with van der Waals surface area (Å²) in [7, 11) is 0.